The molecular formula is C15H20N2O2. The molecule has 0 bridgehead atoms. The van der Waals surface area contributed by atoms with E-state index in [9.17, 15) is 9.59 Å². The number of benzene rings is 1. The van der Waals surface area contributed by atoms with Crippen molar-refractivity contribution in [1.82, 2.24) is 5.32 Å². The molecule has 0 radical (unpaired) electrons. The van der Waals surface area contributed by atoms with E-state index in [0.29, 0.717) is 13.0 Å². The summed E-state index contributed by atoms with van der Waals surface area (Å²) in [6.07, 6.45) is 4.87. The van der Waals surface area contributed by atoms with Crippen LogP contribution in [0.4, 0.5) is 5.69 Å². The molecule has 0 atom stereocenters. The average Bonchev–Trinajstić information content (AvgIpc) is 2.39. The van der Waals surface area contributed by atoms with E-state index in [4.69, 9.17) is 0 Å². The Morgan fingerprint density at radius 3 is 2.79 bits per heavy atom. The molecule has 1 aliphatic rings. The molecule has 2 rings (SSSR count). The van der Waals surface area contributed by atoms with Crippen molar-refractivity contribution in [3.63, 3.8) is 0 Å². The van der Waals surface area contributed by atoms with Gasteiger partial charge in [0.05, 0.1) is 0 Å². The highest BCUT2D eigenvalue weighted by atomic mass is 16.2. The lowest BCUT2D eigenvalue weighted by Crippen LogP contribution is -2.25. The van der Waals surface area contributed by atoms with Gasteiger partial charge in [0.2, 0.25) is 11.8 Å². The number of rotatable bonds is 4. The van der Waals surface area contributed by atoms with Crippen LogP contribution in [0.1, 0.15) is 37.3 Å². The van der Waals surface area contributed by atoms with Crippen molar-refractivity contribution in [3.8, 4) is 0 Å². The van der Waals surface area contributed by atoms with Crippen molar-refractivity contribution < 1.29 is 9.59 Å². The molecule has 0 fully saturated rings. The lowest BCUT2D eigenvalue weighted by molar-refractivity contribution is -0.119. The van der Waals surface area contributed by atoms with Crippen LogP contribution < -0.4 is 10.6 Å². The number of anilines is 1. The minimum atomic E-state index is -0.107. The smallest absolute Gasteiger partial charge is 0.226 e. The monoisotopic (exact) mass is 260 g/mol. The predicted molar refractivity (Wildman–Crippen MR) is 75.0 cm³/mol. The minimum absolute atomic E-state index is 0.0484. The van der Waals surface area contributed by atoms with E-state index in [1.165, 1.54) is 30.9 Å². The van der Waals surface area contributed by atoms with Crippen LogP contribution in [0.25, 0.3) is 0 Å². The second kappa shape index (κ2) is 6.36. The molecule has 4 heteroatoms. The third-order valence-electron chi connectivity index (χ3n) is 3.40. The quantitative estimate of drug-likeness (QED) is 0.870. The van der Waals surface area contributed by atoms with Crippen LogP contribution >= 0.6 is 0 Å². The molecule has 0 aliphatic heterocycles. The third kappa shape index (κ3) is 3.81. The average molecular weight is 260 g/mol. The minimum Gasteiger partial charge on any atom is -0.356 e. The summed E-state index contributed by atoms with van der Waals surface area (Å²) in [5.41, 5.74) is 3.57. The highest BCUT2D eigenvalue weighted by Gasteiger charge is 2.14. The summed E-state index contributed by atoms with van der Waals surface area (Å²) in [5, 5.41) is 5.58. The number of nitrogens with one attached hydrogen (secondary N) is 2. The molecule has 0 heterocycles. The van der Waals surface area contributed by atoms with Crippen molar-refractivity contribution in [2.45, 2.75) is 39.0 Å². The van der Waals surface area contributed by atoms with Gasteiger partial charge in [-0.1, -0.05) is 12.1 Å². The van der Waals surface area contributed by atoms with Gasteiger partial charge in [0, 0.05) is 25.6 Å². The number of fused-ring (bicyclic) bond motifs is 1. The number of hydrogen-bond acceptors (Lipinski definition) is 2. The van der Waals surface area contributed by atoms with E-state index >= 15 is 0 Å². The highest BCUT2D eigenvalue weighted by molar-refractivity contribution is 5.92. The van der Waals surface area contributed by atoms with Gasteiger partial charge in [-0.05, 0) is 42.9 Å². The van der Waals surface area contributed by atoms with Gasteiger partial charge in [0.25, 0.3) is 0 Å². The standard InChI is InChI=1S/C15H20N2O2/c1-11(18)16-10-9-15(19)17-14-8-4-6-12-5-2-3-7-13(12)14/h4,6,8H,2-3,5,7,9-10H2,1H3,(H,16,18)(H,17,19). The van der Waals surface area contributed by atoms with Gasteiger partial charge in [-0.25, -0.2) is 0 Å². The molecule has 2 amide bonds. The molecule has 1 aromatic carbocycles. The summed E-state index contributed by atoms with van der Waals surface area (Å²) in [5.74, 6) is -0.155. The van der Waals surface area contributed by atoms with E-state index in [1.54, 1.807) is 0 Å². The second-order valence-electron chi connectivity index (χ2n) is 4.93. The number of carbonyl (C=O) groups excluding carboxylic acids is 2. The second-order valence-corrected chi connectivity index (χ2v) is 4.93. The molecule has 0 saturated carbocycles. The van der Waals surface area contributed by atoms with Crippen molar-refractivity contribution in [2.24, 2.45) is 0 Å². The molecule has 0 aromatic heterocycles. The number of aryl methyl sites for hydroxylation is 1. The Hall–Kier alpha value is -1.84. The third-order valence-corrected chi connectivity index (χ3v) is 3.40. The molecule has 1 aromatic rings. The Morgan fingerprint density at radius 2 is 2.00 bits per heavy atom. The molecule has 0 unspecified atom stereocenters. The van der Waals surface area contributed by atoms with Gasteiger partial charge in [-0.2, -0.15) is 0 Å². The van der Waals surface area contributed by atoms with Crippen molar-refractivity contribution in [3.05, 3.63) is 29.3 Å². The van der Waals surface area contributed by atoms with Crippen LogP contribution in [-0.2, 0) is 22.4 Å². The SMILES string of the molecule is CC(=O)NCCC(=O)Nc1cccc2c1CCCC2. The molecule has 19 heavy (non-hydrogen) atoms. The van der Waals surface area contributed by atoms with Crippen LogP contribution in [0, 0.1) is 0 Å². The summed E-state index contributed by atoms with van der Waals surface area (Å²) in [6.45, 7) is 1.83. The van der Waals surface area contributed by atoms with Crippen LogP contribution in [0.5, 0.6) is 0 Å². The Kier molecular flexibility index (Phi) is 4.55. The predicted octanol–water partition coefficient (Wildman–Crippen LogP) is 2.03. The van der Waals surface area contributed by atoms with E-state index < -0.39 is 0 Å². The molecule has 0 spiro atoms. The van der Waals surface area contributed by atoms with E-state index in [1.807, 2.05) is 12.1 Å². The molecule has 0 saturated heterocycles. The summed E-state index contributed by atoms with van der Waals surface area (Å²) in [4.78, 5) is 22.5. The first-order valence-corrected chi connectivity index (χ1v) is 6.82. The van der Waals surface area contributed by atoms with Crippen LogP contribution in [0.15, 0.2) is 18.2 Å². The molecule has 4 nitrogen and oxygen atoms in total. The van der Waals surface area contributed by atoms with Crippen LogP contribution in [0.3, 0.4) is 0 Å². The summed E-state index contributed by atoms with van der Waals surface area (Å²) in [7, 11) is 0. The molecule has 102 valence electrons. The summed E-state index contributed by atoms with van der Waals surface area (Å²) < 4.78 is 0. The molecular weight excluding hydrogens is 240 g/mol. The van der Waals surface area contributed by atoms with Gasteiger partial charge >= 0.3 is 0 Å². The van der Waals surface area contributed by atoms with Gasteiger partial charge in [0.1, 0.15) is 0 Å². The van der Waals surface area contributed by atoms with Gasteiger partial charge in [0.15, 0.2) is 0 Å². The molecule has 2 N–H and O–H groups in total. The fourth-order valence-corrected chi connectivity index (χ4v) is 2.46. The zero-order valence-electron chi connectivity index (χ0n) is 11.3. The number of amides is 2. The van der Waals surface area contributed by atoms with Gasteiger partial charge in [-0.3, -0.25) is 9.59 Å². The normalized spacial score (nSPS) is 13.5. The zero-order chi connectivity index (χ0) is 13.7. The Morgan fingerprint density at radius 1 is 1.21 bits per heavy atom. The van der Waals surface area contributed by atoms with Gasteiger partial charge < -0.3 is 10.6 Å². The lowest BCUT2D eigenvalue weighted by Gasteiger charge is -2.19. The first-order valence-electron chi connectivity index (χ1n) is 6.82. The van der Waals surface area contributed by atoms with Crippen LogP contribution in [0.2, 0.25) is 0 Å². The van der Waals surface area contributed by atoms with Crippen molar-refractivity contribution >= 4 is 17.5 Å². The Bertz CT molecular complexity index is 483. The lowest BCUT2D eigenvalue weighted by atomic mass is 9.90. The van der Waals surface area contributed by atoms with E-state index in [-0.39, 0.29) is 11.8 Å². The van der Waals surface area contributed by atoms with E-state index in [2.05, 4.69) is 16.7 Å². The van der Waals surface area contributed by atoms with E-state index in [0.717, 1.165) is 18.5 Å². The van der Waals surface area contributed by atoms with Crippen LogP contribution in [-0.4, -0.2) is 18.4 Å². The number of hydrogen-bond donors (Lipinski definition) is 2. The Balaban J connectivity index is 1.95. The molecule has 1 aliphatic carbocycles. The maximum absolute atomic E-state index is 11.8. The first-order chi connectivity index (χ1) is 9.16. The first kappa shape index (κ1) is 13.6. The zero-order valence-corrected chi connectivity index (χ0v) is 11.3. The largest absolute Gasteiger partial charge is 0.356 e. The van der Waals surface area contributed by atoms with Gasteiger partial charge in [-0.15, -0.1) is 0 Å². The summed E-state index contributed by atoms with van der Waals surface area (Å²) >= 11 is 0. The fraction of sp³-hybridized carbons (Fsp3) is 0.467. The summed E-state index contributed by atoms with van der Waals surface area (Å²) in [6, 6.07) is 6.09. The fourth-order valence-electron chi connectivity index (χ4n) is 2.46. The maximum Gasteiger partial charge on any atom is 0.226 e. The number of carbonyl (C=O) groups is 2. The van der Waals surface area contributed by atoms with Crippen molar-refractivity contribution in [1.29, 1.82) is 0 Å². The van der Waals surface area contributed by atoms with Crippen molar-refractivity contribution in [2.75, 3.05) is 11.9 Å². The maximum atomic E-state index is 11.8. The Labute approximate surface area is 113 Å². The topological polar surface area (TPSA) is 58.2 Å². The highest BCUT2D eigenvalue weighted by Crippen LogP contribution is 2.27.